The Labute approximate surface area is 158 Å². The van der Waals surface area contributed by atoms with Gasteiger partial charge in [0.05, 0.1) is 0 Å². The van der Waals surface area contributed by atoms with Crippen molar-refractivity contribution in [3.63, 3.8) is 0 Å². The average molecular weight is 350 g/mol. The van der Waals surface area contributed by atoms with Crippen LogP contribution in [0.25, 0.3) is 0 Å². The number of anilines is 1. The fraction of sp³-hybridized carbons (Fsp3) is 0.478. The predicted molar refractivity (Wildman–Crippen MR) is 110 cm³/mol. The smallest absolute Gasteiger partial charge is 0.0367 e. The average Bonchev–Trinajstić information content (AvgIpc) is 2.70. The Balaban J connectivity index is 1.24. The lowest BCUT2D eigenvalue weighted by atomic mass is 10.0. The van der Waals surface area contributed by atoms with Gasteiger partial charge in [-0.15, -0.1) is 0 Å². The first-order valence-corrected chi connectivity index (χ1v) is 10.1. The summed E-state index contributed by atoms with van der Waals surface area (Å²) >= 11 is 0. The van der Waals surface area contributed by atoms with Crippen LogP contribution in [0.1, 0.15) is 24.0 Å². The molecule has 0 saturated carbocycles. The van der Waals surface area contributed by atoms with Crippen molar-refractivity contribution in [1.29, 1.82) is 0 Å². The fourth-order valence-electron chi connectivity index (χ4n) is 4.50. The lowest BCUT2D eigenvalue weighted by Crippen LogP contribution is -2.53. The molecule has 2 aromatic carbocycles. The molecule has 0 atom stereocenters. The molecule has 0 amide bonds. The Morgan fingerprint density at radius 2 is 1.54 bits per heavy atom. The van der Waals surface area contributed by atoms with Crippen LogP contribution in [0.2, 0.25) is 0 Å². The highest BCUT2D eigenvalue weighted by atomic mass is 15.3. The quantitative estimate of drug-likeness (QED) is 0.832. The van der Waals surface area contributed by atoms with Crippen LogP contribution in [-0.2, 0) is 6.54 Å². The lowest BCUT2D eigenvalue weighted by molar-refractivity contribution is 0.0998. The number of aryl methyl sites for hydroxylation is 1. The molecule has 2 heterocycles. The minimum Gasteiger partial charge on any atom is -0.369 e. The standard InChI is InChI=1S/C23H31N3/c1-20-6-5-7-21(18-20)19-24-12-10-23(11-13-24)26-16-14-25(15-17-26)22-8-3-2-4-9-22/h2-9,18,23H,10-17,19H2,1H3. The van der Waals surface area contributed by atoms with Crippen molar-refractivity contribution in [1.82, 2.24) is 9.80 Å². The van der Waals surface area contributed by atoms with E-state index in [0.717, 1.165) is 25.7 Å². The van der Waals surface area contributed by atoms with E-state index in [0.29, 0.717) is 0 Å². The SMILES string of the molecule is Cc1cccc(CN2CCC(N3CCN(c4ccccc4)CC3)CC2)c1. The Bertz CT molecular complexity index is 684. The van der Waals surface area contributed by atoms with Crippen LogP contribution >= 0.6 is 0 Å². The van der Waals surface area contributed by atoms with Crippen molar-refractivity contribution >= 4 is 5.69 Å². The van der Waals surface area contributed by atoms with Gasteiger partial charge >= 0.3 is 0 Å². The third kappa shape index (κ3) is 4.28. The molecule has 0 unspecified atom stereocenters. The first-order valence-electron chi connectivity index (χ1n) is 10.1. The molecule has 3 nitrogen and oxygen atoms in total. The van der Waals surface area contributed by atoms with Crippen molar-refractivity contribution in [3.05, 3.63) is 65.7 Å². The number of nitrogens with zero attached hydrogens (tertiary/aromatic N) is 3. The molecule has 2 aromatic rings. The normalized spacial score (nSPS) is 20.4. The molecule has 0 spiro atoms. The van der Waals surface area contributed by atoms with Gasteiger partial charge in [-0.05, 0) is 50.6 Å². The maximum Gasteiger partial charge on any atom is 0.0367 e. The number of piperazine rings is 1. The van der Waals surface area contributed by atoms with Gasteiger partial charge in [-0.2, -0.15) is 0 Å². The van der Waals surface area contributed by atoms with Gasteiger partial charge in [0.1, 0.15) is 0 Å². The first-order chi connectivity index (χ1) is 12.8. The van der Waals surface area contributed by atoms with Crippen molar-refractivity contribution in [2.24, 2.45) is 0 Å². The number of rotatable bonds is 4. The molecule has 0 radical (unpaired) electrons. The summed E-state index contributed by atoms with van der Waals surface area (Å²) < 4.78 is 0. The Morgan fingerprint density at radius 1 is 0.808 bits per heavy atom. The van der Waals surface area contributed by atoms with Crippen LogP contribution in [-0.4, -0.2) is 55.1 Å². The number of hydrogen-bond acceptors (Lipinski definition) is 3. The molecule has 2 fully saturated rings. The summed E-state index contributed by atoms with van der Waals surface area (Å²) in [5, 5.41) is 0. The molecular formula is C23H31N3. The second-order valence-electron chi connectivity index (χ2n) is 7.85. The van der Waals surface area contributed by atoms with Gasteiger partial charge in [0, 0.05) is 44.5 Å². The van der Waals surface area contributed by atoms with Crippen LogP contribution in [0.15, 0.2) is 54.6 Å². The maximum absolute atomic E-state index is 2.74. The third-order valence-corrected chi connectivity index (χ3v) is 6.00. The molecule has 2 aliphatic rings. The number of piperidine rings is 1. The molecule has 2 aliphatic heterocycles. The highest BCUT2D eigenvalue weighted by Gasteiger charge is 2.27. The van der Waals surface area contributed by atoms with E-state index in [1.807, 2.05) is 0 Å². The summed E-state index contributed by atoms with van der Waals surface area (Å²) in [6.07, 6.45) is 2.63. The summed E-state index contributed by atoms with van der Waals surface area (Å²) in [6, 6.07) is 20.6. The van der Waals surface area contributed by atoms with Crippen molar-refractivity contribution in [2.45, 2.75) is 32.4 Å². The molecule has 3 heteroatoms. The van der Waals surface area contributed by atoms with E-state index in [9.17, 15) is 0 Å². The Morgan fingerprint density at radius 3 is 2.23 bits per heavy atom. The molecular weight excluding hydrogens is 318 g/mol. The molecule has 26 heavy (non-hydrogen) atoms. The predicted octanol–water partition coefficient (Wildman–Crippen LogP) is 3.78. The van der Waals surface area contributed by atoms with Crippen LogP contribution < -0.4 is 4.90 Å². The number of hydrogen-bond donors (Lipinski definition) is 0. The molecule has 0 aliphatic carbocycles. The van der Waals surface area contributed by atoms with E-state index in [2.05, 4.69) is 76.2 Å². The number of benzene rings is 2. The van der Waals surface area contributed by atoms with E-state index < -0.39 is 0 Å². The largest absolute Gasteiger partial charge is 0.369 e. The van der Waals surface area contributed by atoms with Gasteiger partial charge in [-0.1, -0.05) is 48.0 Å². The van der Waals surface area contributed by atoms with E-state index >= 15 is 0 Å². The molecule has 4 rings (SSSR count). The van der Waals surface area contributed by atoms with E-state index in [1.54, 1.807) is 0 Å². The van der Waals surface area contributed by atoms with E-state index in [4.69, 9.17) is 0 Å². The molecule has 0 aromatic heterocycles. The summed E-state index contributed by atoms with van der Waals surface area (Å²) in [7, 11) is 0. The van der Waals surface area contributed by atoms with Crippen LogP contribution in [0.5, 0.6) is 0 Å². The highest BCUT2D eigenvalue weighted by Crippen LogP contribution is 2.22. The van der Waals surface area contributed by atoms with Gasteiger partial charge in [0.25, 0.3) is 0 Å². The van der Waals surface area contributed by atoms with E-state index in [1.165, 1.54) is 55.8 Å². The Kier molecular flexibility index (Phi) is 5.57. The summed E-state index contributed by atoms with van der Waals surface area (Å²) in [6.45, 7) is 10.5. The summed E-state index contributed by atoms with van der Waals surface area (Å²) in [5.74, 6) is 0. The maximum atomic E-state index is 2.74. The van der Waals surface area contributed by atoms with Gasteiger partial charge in [-0.3, -0.25) is 9.80 Å². The zero-order chi connectivity index (χ0) is 17.8. The molecule has 138 valence electrons. The van der Waals surface area contributed by atoms with Gasteiger partial charge in [0.2, 0.25) is 0 Å². The van der Waals surface area contributed by atoms with Crippen molar-refractivity contribution in [3.8, 4) is 0 Å². The van der Waals surface area contributed by atoms with Crippen LogP contribution in [0, 0.1) is 6.92 Å². The van der Waals surface area contributed by atoms with Crippen LogP contribution in [0.3, 0.4) is 0 Å². The molecule has 2 saturated heterocycles. The van der Waals surface area contributed by atoms with Gasteiger partial charge in [0.15, 0.2) is 0 Å². The topological polar surface area (TPSA) is 9.72 Å². The fourth-order valence-corrected chi connectivity index (χ4v) is 4.50. The lowest BCUT2D eigenvalue weighted by Gasteiger charge is -2.43. The minimum absolute atomic E-state index is 0.779. The monoisotopic (exact) mass is 349 g/mol. The van der Waals surface area contributed by atoms with Crippen molar-refractivity contribution < 1.29 is 0 Å². The van der Waals surface area contributed by atoms with Gasteiger partial charge < -0.3 is 4.90 Å². The second kappa shape index (κ2) is 8.24. The Hall–Kier alpha value is -1.84. The van der Waals surface area contributed by atoms with E-state index in [-0.39, 0.29) is 0 Å². The van der Waals surface area contributed by atoms with Gasteiger partial charge in [-0.25, -0.2) is 0 Å². The van der Waals surface area contributed by atoms with Crippen LogP contribution in [0.4, 0.5) is 5.69 Å². The zero-order valence-corrected chi connectivity index (χ0v) is 16.0. The third-order valence-electron chi connectivity index (χ3n) is 6.00. The summed E-state index contributed by atoms with van der Waals surface area (Å²) in [5.41, 5.74) is 4.20. The summed E-state index contributed by atoms with van der Waals surface area (Å²) in [4.78, 5) is 7.90. The first kappa shape index (κ1) is 17.6. The highest BCUT2D eigenvalue weighted by molar-refractivity contribution is 5.46. The number of para-hydroxylation sites is 1. The molecule has 0 N–H and O–H groups in total. The minimum atomic E-state index is 0.779. The number of likely N-dealkylation sites (tertiary alicyclic amines) is 1. The van der Waals surface area contributed by atoms with Crippen molar-refractivity contribution in [2.75, 3.05) is 44.2 Å². The molecule has 0 bridgehead atoms. The zero-order valence-electron chi connectivity index (χ0n) is 16.0. The second-order valence-corrected chi connectivity index (χ2v) is 7.85.